The minimum atomic E-state index is -3.62. The first kappa shape index (κ1) is 15.1. The number of rotatable bonds is 5. The number of hydrogen-bond donors (Lipinski definition) is 0. The molecule has 5 nitrogen and oxygen atoms in total. The van der Waals surface area contributed by atoms with Crippen LogP contribution in [-0.2, 0) is 19.9 Å². The van der Waals surface area contributed by atoms with Crippen LogP contribution in [0.25, 0.3) is 0 Å². The SMILES string of the molecule is CCN(CC)S(=O)(=O)c1cccc(S(C)(=O)=O)c1. The molecule has 7 heteroatoms. The molecule has 1 aromatic rings. The van der Waals surface area contributed by atoms with Crippen LogP contribution < -0.4 is 0 Å². The molecular weight excluding hydrogens is 274 g/mol. The van der Waals surface area contributed by atoms with E-state index >= 15 is 0 Å². The first-order valence-electron chi connectivity index (χ1n) is 5.53. The summed E-state index contributed by atoms with van der Waals surface area (Å²) < 4.78 is 48.5. The molecule has 0 saturated carbocycles. The third-order valence-corrected chi connectivity index (χ3v) is 5.73. The van der Waals surface area contributed by atoms with E-state index in [0.29, 0.717) is 13.1 Å². The molecule has 0 aromatic heterocycles. The topological polar surface area (TPSA) is 71.5 Å². The average molecular weight is 291 g/mol. The smallest absolute Gasteiger partial charge is 0.224 e. The van der Waals surface area contributed by atoms with Gasteiger partial charge in [-0.25, -0.2) is 16.8 Å². The zero-order valence-corrected chi connectivity index (χ0v) is 12.3. The van der Waals surface area contributed by atoms with E-state index < -0.39 is 19.9 Å². The van der Waals surface area contributed by atoms with Gasteiger partial charge in [-0.05, 0) is 18.2 Å². The van der Waals surface area contributed by atoms with Gasteiger partial charge in [-0.2, -0.15) is 4.31 Å². The zero-order valence-electron chi connectivity index (χ0n) is 10.6. The van der Waals surface area contributed by atoms with E-state index in [1.54, 1.807) is 13.8 Å². The van der Waals surface area contributed by atoms with E-state index in [0.717, 1.165) is 6.26 Å². The molecule has 0 saturated heterocycles. The van der Waals surface area contributed by atoms with Crippen LogP contribution in [0.2, 0.25) is 0 Å². The lowest BCUT2D eigenvalue weighted by molar-refractivity contribution is 0.445. The number of sulfonamides is 1. The predicted molar refractivity (Wildman–Crippen MR) is 69.7 cm³/mol. The summed E-state index contributed by atoms with van der Waals surface area (Å²) in [5.74, 6) is 0. The molecular formula is C11H17NO4S2. The van der Waals surface area contributed by atoms with Gasteiger partial charge in [0, 0.05) is 19.3 Å². The van der Waals surface area contributed by atoms with Crippen molar-refractivity contribution in [2.45, 2.75) is 23.6 Å². The summed E-state index contributed by atoms with van der Waals surface area (Å²) in [5.41, 5.74) is 0. The van der Waals surface area contributed by atoms with Crippen LogP contribution in [0.5, 0.6) is 0 Å². The van der Waals surface area contributed by atoms with Crippen molar-refractivity contribution < 1.29 is 16.8 Å². The maximum atomic E-state index is 12.2. The number of sulfone groups is 1. The summed E-state index contributed by atoms with van der Waals surface area (Å²) in [6.45, 7) is 4.17. The van der Waals surface area contributed by atoms with Crippen molar-refractivity contribution in [1.29, 1.82) is 0 Å². The highest BCUT2D eigenvalue weighted by Gasteiger charge is 2.22. The van der Waals surface area contributed by atoms with Crippen LogP contribution >= 0.6 is 0 Å². The fourth-order valence-electron chi connectivity index (χ4n) is 1.58. The van der Waals surface area contributed by atoms with Gasteiger partial charge in [0.05, 0.1) is 9.79 Å². The Kier molecular flexibility index (Phi) is 4.52. The largest absolute Gasteiger partial charge is 0.243 e. The predicted octanol–water partition coefficient (Wildman–Crippen LogP) is 1.12. The van der Waals surface area contributed by atoms with Crippen LogP contribution in [0.1, 0.15) is 13.8 Å². The third kappa shape index (κ3) is 3.09. The Balaban J connectivity index is 3.35. The Bertz CT molecular complexity index is 616. The Morgan fingerprint density at radius 1 is 1.00 bits per heavy atom. The Labute approximate surface area is 108 Å². The van der Waals surface area contributed by atoms with Crippen LogP contribution in [0.4, 0.5) is 0 Å². The minimum absolute atomic E-state index is 0.00845. The number of hydrogen-bond acceptors (Lipinski definition) is 4. The maximum Gasteiger partial charge on any atom is 0.243 e. The van der Waals surface area contributed by atoms with Crippen LogP contribution in [0.15, 0.2) is 34.1 Å². The van der Waals surface area contributed by atoms with E-state index in [1.165, 1.54) is 28.6 Å². The van der Waals surface area contributed by atoms with Gasteiger partial charge in [0.1, 0.15) is 0 Å². The van der Waals surface area contributed by atoms with Gasteiger partial charge in [-0.1, -0.05) is 19.9 Å². The normalized spacial score (nSPS) is 12.9. The van der Waals surface area contributed by atoms with E-state index in [9.17, 15) is 16.8 Å². The fourth-order valence-corrected chi connectivity index (χ4v) is 3.82. The highest BCUT2D eigenvalue weighted by molar-refractivity contribution is 7.91. The van der Waals surface area contributed by atoms with Crippen LogP contribution in [0, 0.1) is 0 Å². The molecule has 0 atom stereocenters. The Hall–Kier alpha value is -0.920. The summed E-state index contributed by atoms with van der Waals surface area (Å²) in [6, 6.07) is 5.43. The maximum absolute atomic E-state index is 12.2. The molecule has 0 aliphatic rings. The molecule has 0 fully saturated rings. The van der Waals surface area contributed by atoms with E-state index in [-0.39, 0.29) is 9.79 Å². The summed E-state index contributed by atoms with van der Waals surface area (Å²) in [5, 5.41) is 0. The quantitative estimate of drug-likeness (QED) is 0.815. The summed E-state index contributed by atoms with van der Waals surface area (Å²) >= 11 is 0. The van der Waals surface area contributed by atoms with Crippen LogP contribution in [-0.4, -0.2) is 40.5 Å². The molecule has 0 unspecified atom stereocenters. The molecule has 0 aliphatic heterocycles. The second kappa shape index (κ2) is 5.38. The summed E-state index contributed by atoms with van der Waals surface area (Å²) in [6.07, 6.45) is 1.05. The Morgan fingerprint density at radius 2 is 1.50 bits per heavy atom. The molecule has 0 amide bonds. The molecule has 0 radical (unpaired) electrons. The molecule has 102 valence electrons. The fraction of sp³-hybridized carbons (Fsp3) is 0.455. The second-order valence-electron chi connectivity index (χ2n) is 3.84. The van der Waals surface area contributed by atoms with Crippen molar-refractivity contribution in [2.75, 3.05) is 19.3 Å². The van der Waals surface area contributed by atoms with E-state index in [1.807, 2.05) is 0 Å². The Morgan fingerprint density at radius 3 is 1.94 bits per heavy atom. The lowest BCUT2D eigenvalue weighted by Gasteiger charge is -2.18. The van der Waals surface area contributed by atoms with Crippen molar-refractivity contribution in [3.8, 4) is 0 Å². The van der Waals surface area contributed by atoms with Gasteiger partial charge in [0.2, 0.25) is 10.0 Å². The van der Waals surface area contributed by atoms with Gasteiger partial charge < -0.3 is 0 Å². The molecule has 0 N–H and O–H groups in total. The molecule has 0 bridgehead atoms. The first-order valence-corrected chi connectivity index (χ1v) is 8.87. The van der Waals surface area contributed by atoms with Crippen LogP contribution in [0.3, 0.4) is 0 Å². The highest BCUT2D eigenvalue weighted by Crippen LogP contribution is 2.19. The second-order valence-corrected chi connectivity index (χ2v) is 7.79. The van der Waals surface area contributed by atoms with Crippen molar-refractivity contribution in [3.05, 3.63) is 24.3 Å². The zero-order chi connectivity index (χ0) is 14.0. The van der Waals surface area contributed by atoms with Gasteiger partial charge in [-0.3, -0.25) is 0 Å². The number of nitrogens with zero attached hydrogens (tertiary/aromatic N) is 1. The van der Waals surface area contributed by atoms with Gasteiger partial charge in [0.15, 0.2) is 9.84 Å². The summed E-state index contributed by atoms with van der Waals surface area (Å²) in [7, 11) is -7.02. The third-order valence-electron chi connectivity index (χ3n) is 2.58. The molecule has 0 spiro atoms. The van der Waals surface area contributed by atoms with Gasteiger partial charge in [0.25, 0.3) is 0 Å². The highest BCUT2D eigenvalue weighted by atomic mass is 32.2. The van der Waals surface area contributed by atoms with Crippen molar-refractivity contribution in [3.63, 3.8) is 0 Å². The van der Waals surface area contributed by atoms with Gasteiger partial charge >= 0.3 is 0 Å². The van der Waals surface area contributed by atoms with Gasteiger partial charge in [-0.15, -0.1) is 0 Å². The van der Waals surface area contributed by atoms with Crippen molar-refractivity contribution in [2.24, 2.45) is 0 Å². The summed E-state index contributed by atoms with van der Waals surface area (Å²) in [4.78, 5) is 0.0184. The minimum Gasteiger partial charge on any atom is -0.224 e. The molecule has 0 aliphatic carbocycles. The average Bonchev–Trinajstić information content (AvgIpc) is 2.29. The van der Waals surface area contributed by atoms with Crippen molar-refractivity contribution >= 4 is 19.9 Å². The molecule has 0 heterocycles. The lowest BCUT2D eigenvalue weighted by atomic mass is 10.4. The first-order chi connectivity index (χ1) is 8.23. The molecule has 1 aromatic carbocycles. The number of benzene rings is 1. The van der Waals surface area contributed by atoms with E-state index in [2.05, 4.69) is 0 Å². The monoisotopic (exact) mass is 291 g/mol. The lowest BCUT2D eigenvalue weighted by Crippen LogP contribution is -2.30. The van der Waals surface area contributed by atoms with Crippen molar-refractivity contribution in [1.82, 2.24) is 4.31 Å². The molecule has 1 rings (SSSR count). The van der Waals surface area contributed by atoms with E-state index in [4.69, 9.17) is 0 Å². The molecule has 18 heavy (non-hydrogen) atoms. The standard InChI is InChI=1S/C11H17NO4S2/c1-4-12(5-2)18(15,16)11-8-6-7-10(9-11)17(3,13)14/h6-9H,4-5H2,1-3H3.